The van der Waals surface area contributed by atoms with Crippen LogP contribution in [0.5, 0.6) is 0 Å². The largest absolute Gasteiger partial charge is 0.379 e. The molecule has 6 heterocycles. The molecule has 0 aliphatic carbocycles. The van der Waals surface area contributed by atoms with Gasteiger partial charge in [0, 0.05) is 63.7 Å². The van der Waals surface area contributed by atoms with Crippen LogP contribution in [-0.2, 0) is 4.74 Å². The van der Waals surface area contributed by atoms with Crippen LogP contribution in [0.1, 0.15) is 52.6 Å². The van der Waals surface area contributed by atoms with Crippen molar-refractivity contribution in [2.45, 2.75) is 43.8 Å². The van der Waals surface area contributed by atoms with E-state index in [1.165, 1.54) is 0 Å². The van der Waals surface area contributed by atoms with Gasteiger partial charge in [-0.15, -0.1) is 0 Å². The minimum absolute atomic E-state index is 0.0146. The molecule has 3 aromatic heterocycles. The second-order valence-electron chi connectivity index (χ2n) is 10.3. The van der Waals surface area contributed by atoms with Crippen LogP contribution in [0, 0.1) is 0 Å². The lowest BCUT2D eigenvalue weighted by Gasteiger charge is -2.32. The first-order valence-electron chi connectivity index (χ1n) is 12.9. The molecule has 3 aromatic rings. The number of fused-ring (bicyclic) bond motifs is 3. The van der Waals surface area contributed by atoms with Gasteiger partial charge in [-0.2, -0.15) is 4.98 Å². The molecule has 3 saturated heterocycles. The molecule has 0 aromatic carbocycles. The molecule has 3 aliphatic rings. The van der Waals surface area contributed by atoms with E-state index in [-0.39, 0.29) is 17.9 Å². The predicted molar refractivity (Wildman–Crippen MR) is 138 cm³/mol. The smallest absolute Gasteiger partial charge is 0.270 e. The Labute approximate surface area is 215 Å². The fraction of sp³-hybridized carbons (Fsp3) is 0.500. The van der Waals surface area contributed by atoms with E-state index in [0.717, 1.165) is 50.8 Å². The number of pyridine rings is 1. The molecule has 3 aliphatic heterocycles. The number of amides is 2. The first-order valence-corrected chi connectivity index (χ1v) is 12.9. The van der Waals surface area contributed by atoms with Crippen molar-refractivity contribution in [2.24, 2.45) is 0 Å². The van der Waals surface area contributed by atoms with Crippen molar-refractivity contribution in [3.8, 4) is 0 Å². The maximum Gasteiger partial charge on any atom is 0.270 e. The van der Waals surface area contributed by atoms with E-state index < -0.39 is 0 Å². The van der Waals surface area contributed by atoms with Gasteiger partial charge in [0.25, 0.3) is 11.8 Å². The molecule has 2 amide bonds. The number of hydrogen-bond acceptors (Lipinski definition) is 8. The Hall–Kier alpha value is -3.57. The molecule has 2 bridgehead atoms. The number of anilines is 2. The monoisotopic (exact) mass is 504 g/mol. The summed E-state index contributed by atoms with van der Waals surface area (Å²) >= 11 is 0. The van der Waals surface area contributed by atoms with Gasteiger partial charge in [-0.25, -0.2) is 9.97 Å². The SMILES string of the molecule is CN(C)C(=O)c1cc2cnc(Nc3ccc(C(=O)N4CC5CCC(C4)N5)cn3)nc2n1C1CCCOC1. The molecular formula is C26H32N8O3. The van der Waals surface area contributed by atoms with Crippen molar-refractivity contribution in [1.29, 1.82) is 0 Å². The lowest BCUT2D eigenvalue weighted by Crippen LogP contribution is -2.53. The van der Waals surface area contributed by atoms with E-state index in [1.54, 1.807) is 43.5 Å². The van der Waals surface area contributed by atoms with Crippen LogP contribution in [0.15, 0.2) is 30.6 Å². The summed E-state index contributed by atoms with van der Waals surface area (Å²) in [5.74, 6) is 0.843. The minimum atomic E-state index is -0.0856. The molecule has 2 N–H and O–H groups in total. The van der Waals surface area contributed by atoms with Gasteiger partial charge in [0.1, 0.15) is 17.2 Å². The summed E-state index contributed by atoms with van der Waals surface area (Å²) in [6, 6.07) is 6.23. The Bertz CT molecular complexity index is 1300. The highest BCUT2D eigenvalue weighted by Gasteiger charge is 2.34. The zero-order valence-electron chi connectivity index (χ0n) is 21.2. The lowest BCUT2D eigenvalue weighted by molar-refractivity contribution is 0.0577. The van der Waals surface area contributed by atoms with Crippen LogP contribution in [0.3, 0.4) is 0 Å². The van der Waals surface area contributed by atoms with Crippen molar-refractivity contribution in [3.63, 3.8) is 0 Å². The third-order valence-corrected chi connectivity index (χ3v) is 7.46. The van der Waals surface area contributed by atoms with Crippen LogP contribution in [0.25, 0.3) is 11.0 Å². The number of hydrogen-bond donors (Lipinski definition) is 2. The van der Waals surface area contributed by atoms with Crippen molar-refractivity contribution in [1.82, 2.24) is 34.6 Å². The highest BCUT2D eigenvalue weighted by molar-refractivity contribution is 5.98. The van der Waals surface area contributed by atoms with E-state index in [2.05, 4.69) is 20.6 Å². The first-order chi connectivity index (χ1) is 18.0. The van der Waals surface area contributed by atoms with Crippen molar-refractivity contribution < 1.29 is 14.3 Å². The molecule has 3 fully saturated rings. The van der Waals surface area contributed by atoms with Gasteiger partial charge in [-0.05, 0) is 43.9 Å². The van der Waals surface area contributed by atoms with Gasteiger partial charge in [-0.1, -0.05) is 0 Å². The Morgan fingerprint density at radius 2 is 1.92 bits per heavy atom. The average Bonchev–Trinajstić information content (AvgIpc) is 3.47. The average molecular weight is 505 g/mol. The van der Waals surface area contributed by atoms with E-state index in [0.29, 0.717) is 47.4 Å². The van der Waals surface area contributed by atoms with E-state index >= 15 is 0 Å². The number of piperazine rings is 1. The molecule has 194 valence electrons. The molecule has 0 radical (unpaired) electrons. The number of carbonyl (C=O) groups is 2. The fourth-order valence-corrected chi connectivity index (χ4v) is 5.61. The van der Waals surface area contributed by atoms with E-state index in [1.807, 2.05) is 15.5 Å². The van der Waals surface area contributed by atoms with Gasteiger partial charge >= 0.3 is 0 Å². The van der Waals surface area contributed by atoms with Crippen molar-refractivity contribution >= 4 is 34.6 Å². The van der Waals surface area contributed by atoms with Gasteiger partial charge in [0.2, 0.25) is 5.95 Å². The number of aromatic nitrogens is 4. The second kappa shape index (κ2) is 9.71. The number of likely N-dealkylation sites (tertiary alicyclic amines) is 1. The van der Waals surface area contributed by atoms with E-state index in [9.17, 15) is 9.59 Å². The number of ether oxygens (including phenoxy) is 1. The summed E-state index contributed by atoms with van der Waals surface area (Å²) in [6.45, 7) is 2.75. The first kappa shape index (κ1) is 23.8. The number of carbonyl (C=O) groups excluding carboxylic acids is 2. The Kier molecular flexibility index (Phi) is 6.25. The molecule has 6 rings (SSSR count). The maximum absolute atomic E-state index is 13.0. The third kappa shape index (κ3) is 4.64. The minimum Gasteiger partial charge on any atom is -0.379 e. The normalized spacial score (nSPS) is 23.3. The Balaban J connectivity index is 1.24. The maximum atomic E-state index is 13.0. The van der Waals surface area contributed by atoms with Crippen LogP contribution in [-0.4, -0.2) is 93.6 Å². The molecule has 0 spiro atoms. The van der Waals surface area contributed by atoms with Crippen molar-refractivity contribution in [3.05, 3.63) is 41.9 Å². The summed E-state index contributed by atoms with van der Waals surface area (Å²) < 4.78 is 7.70. The van der Waals surface area contributed by atoms with Gasteiger partial charge in [0.15, 0.2) is 0 Å². The summed E-state index contributed by atoms with van der Waals surface area (Å²) in [6.07, 6.45) is 7.41. The molecule has 3 atom stereocenters. The second-order valence-corrected chi connectivity index (χ2v) is 10.3. The quantitative estimate of drug-likeness (QED) is 0.543. The van der Waals surface area contributed by atoms with Crippen LogP contribution < -0.4 is 10.6 Å². The summed E-state index contributed by atoms with van der Waals surface area (Å²) in [5.41, 5.74) is 1.82. The van der Waals surface area contributed by atoms with Gasteiger partial charge < -0.3 is 29.7 Å². The highest BCUT2D eigenvalue weighted by Crippen LogP contribution is 2.29. The number of rotatable bonds is 5. The van der Waals surface area contributed by atoms with Crippen LogP contribution in [0.4, 0.5) is 11.8 Å². The van der Waals surface area contributed by atoms with Crippen LogP contribution in [0.2, 0.25) is 0 Å². The number of nitrogens with zero attached hydrogens (tertiary/aromatic N) is 6. The third-order valence-electron chi connectivity index (χ3n) is 7.46. The topological polar surface area (TPSA) is 118 Å². The highest BCUT2D eigenvalue weighted by atomic mass is 16.5. The zero-order chi connectivity index (χ0) is 25.5. The molecule has 0 saturated carbocycles. The van der Waals surface area contributed by atoms with Crippen molar-refractivity contribution in [2.75, 3.05) is 45.7 Å². The molecular weight excluding hydrogens is 472 g/mol. The van der Waals surface area contributed by atoms with Gasteiger partial charge in [-0.3, -0.25) is 9.59 Å². The number of nitrogens with one attached hydrogen (secondary N) is 2. The molecule has 37 heavy (non-hydrogen) atoms. The Morgan fingerprint density at radius 3 is 2.59 bits per heavy atom. The molecule has 3 unspecified atom stereocenters. The van der Waals surface area contributed by atoms with Crippen LogP contribution >= 0.6 is 0 Å². The summed E-state index contributed by atoms with van der Waals surface area (Å²) in [4.78, 5) is 43.1. The zero-order valence-corrected chi connectivity index (χ0v) is 21.2. The fourth-order valence-electron chi connectivity index (χ4n) is 5.61. The standard InChI is InChI=1S/C26H32N8O3/c1-32(2)25(36)21-10-17-12-28-26(31-23(17)34(21)20-4-3-9-37-15-20)30-22-8-5-16(11-27-22)24(35)33-13-18-6-7-19(14-33)29-18/h5,8,10-12,18-20,29H,3-4,6-7,9,13-15H2,1-2H3,(H,27,28,30,31). The predicted octanol–water partition coefficient (Wildman–Crippen LogP) is 2.20. The summed E-state index contributed by atoms with van der Waals surface area (Å²) in [7, 11) is 3.49. The van der Waals surface area contributed by atoms with E-state index in [4.69, 9.17) is 9.72 Å². The Morgan fingerprint density at radius 1 is 1.11 bits per heavy atom. The van der Waals surface area contributed by atoms with Gasteiger partial charge in [0.05, 0.1) is 18.2 Å². The molecule has 11 heteroatoms. The summed E-state index contributed by atoms with van der Waals surface area (Å²) in [5, 5.41) is 7.49. The molecule has 11 nitrogen and oxygen atoms in total. The lowest BCUT2D eigenvalue weighted by atomic mass is 10.1.